The van der Waals surface area contributed by atoms with Gasteiger partial charge in [-0.2, -0.15) is 0 Å². The third-order valence-electron chi connectivity index (χ3n) is 3.50. The zero-order valence-electron chi connectivity index (χ0n) is 12.0. The Morgan fingerprint density at radius 3 is 2.95 bits per heavy atom. The second-order valence-electron chi connectivity index (χ2n) is 5.53. The molecule has 0 radical (unpaired) electrons. The lowest BCUT2D eigenvalue weighted by Gasteiger charge is -2.36. The molecule has 2 rings (SSSR count). The zero-order valence-corrected chi connectivity index (χ0v) is 12.8. The normalized spacial score (nSPS) is 21.6. The van der Waals surface area contributed by atoms with Gasteiger partial charge in [0.25, 0.3) is 5.91 Å². The number of amides is 1. The van der Waals surface area contributed by atoms with E-state index in [-0.39, 0.29) is 12.5 Å². The predicted octanol–water partition coefficient (Wildman–Crippen LogP) is 1.64. The van der Waals surface area contributed by atoms with E-state index >= 15 is 0 Å². The van der Waals surface area contributed by atoms with Crippen molar-refractivity contribution in [1.82, 2.24) is 4.90 Å². The number of aliphatic hydroxyl groups is 1. The highest BCUT2D eigenvalue weighted by molar-refractivity contribution is 6.32. The van der Waals surface area contributed by atoms with E-state index in [1.54, 1.807) is 30.0 Å². The Morgan fingerprint density at radius 1 is 1.57 bits per heavy atom. The lowest BCUT2D eigenvalue weighted by Crippen LogP contribution is -2.48. The molecular weight excluding hydrogens is 288 g/mol. The first-order valence-electron chi connectivity index (χ1n) is 6.93. The molecule has 1 saturated heterocycles. The SMILES string of the molecule is CC1(O)CCCN(C(=O)c2ccc(C#CCN)c(Cl)c2)C1. The molecule has 3 N–H and O–H groups in total. The van der Waals surface area contributed by atoms with Crippen LogP contribution in [0.1, 0.15) is 35.7 Å². The summed E-state index contributed by atoms with van der Waals surface area (Å²) >= 11 is 6.14. The van der Waals surface area contributed by atoms with Crippen LogP contribution in [-0.2, 0) is 0 Å². The summed E-state index contributed by atoms with van der Waals surface area (Å²) in [5.41, 5.74) is 5.68. The van der Waals surface area contributed by atoms with Gasteiger partial charge in [-0.1, -0.05) is 23.4 Å². The highest BCUT2D eigenvalue weighted by Gasteiger charge is 2.31. The predicted molar refractivity (Wildman–Crippen MR) is 83.1 cm³/mol. The van der Waals surface area contributed by atoms with Crippen LogP contribution in [0.5, 0.6) is 0 Å². The first kappa shape index (κ1) is 15.8. The molecule has 0 aromatic heterocycles. The van der Waals surface area contributed by atoms with Crippen molar-refractivity contribution in [3.8, 4) is 11.8 Å². The third kappa shape index (κ3) is 3.98. The number of hydrogen-bond donors (Lipinski definition) is 2. The molecule has 0 saturated carbocycles. The number of halogens is 1. The van der Waals surface area contributed by atoms with Gasteiger partial charge in [-0.05, 0) is 38.0 Å². The van der Waals surface area contributed by atoms with E-state index < -0.39 is 5.60 Å². The van der Waals surface area contributed by atoms with Gasteiger partial charge in [0.1, 0.15) is 0 Å². The van der Waals surface area contributed by atoms with Gasteiger partial charge in [-0.15, -0.1) is 0 Å². The molecule has 1 aliphatic rings. The van der Waals surface area contributed by atoms with Crippen LogP contribution in [0.25, 0.3) is 0 Å². The smallest absolute Gasteiger partial charge is 0.254 e. The summed E-state index contributed by atoms with van der Waals surface area (Å²) in [6.07, 6.45) is 1.51. The van der Waals surface area contributed by atoms with Crippen molar-refractivity contribution < 1.29 is 9.90 Å². The second-order valence-corrected chi connectivity index (χ2v) is 5.93. The lowest BCUT2D eigenvalue weighted by molar-refractivity contribution is -0.0107. The number of rotatable bonds is 1. The number of carbonyl (C=O) groups excluding carboxylic acids is 1. The molecule has 1 amide bonds. The molecule has 1 unspecified atom stereocenters. The molecule has 4 nitrogen and oxygen atoms in total. The average molecular weight is 307 g/mol. The number of carbonyl (C=O) groups is 1. The third-order valence-corrected chi connectivity index (χ3v) is 3.82. The van der Waals surface area contributed by atoms with E-state index in [2.05, 4.69) is 11.8 Å². The maximum Gasteiger partial charge on any atom is 0.254 e. The average Bonchev–Trinajstić information content (AvgIpc) is 2.44. The number of nitrogens with two attached hydrogens (primary N) is 1. The fourth-order valence-electron chi connectivity index (χ4n) is 2.47. The summed E-state index contributed by atoms with van der Waals surface area (Å²) in [6, 6.07) is 5.05. The van der Waals surface area contributed by atoms with Gasteiger partial charge in [0.05, 0.1) is 17.2 Å². The summed E-state index contributed by atoms with van der Waals surface area (Å²) < 4.78 is 0. The van der Waals surface area contributed by atoms with Crippen LogP contribution < -0.4 is 5.73 Å². The monoisotopic (exact) mass is 306 g/mol. The zero-order chi connectivity index (χ0) is 15.5. The molecule has 0 spiro atoms. The molecule has 0 aliphatic carbocycles. The van der Waals surface area contributed by atoms with Crippen LogP contribution in [0.4, 0.5) is 0 Å². The molecule has 1 atom stereocenters. The summed E-state index contributed by atoms with van der Waals surface area (Å²) in [7, 11) is 0. The van der Waals surface area contributed by atoms with E-state index in [0.717, 1.165) is 6.42 Å². The Morgan fingerprint density at radius 2 is 2.33 bits per heavy atom. The van der Waals surface area contributed by atoms with Gasteiger partial charge in [0.15, 0.2) is 0 Å². The van der Waals surface area contributed by atoms with Gasteiger partial charge in [0, 0.05) is 24.2 Å². The molecule has 1 aliphatic heterocycles. The molecule has 1 fully saturated rings. The van der Waals surface area contributed by atoms with E-state index in [1.807, 2.05) is 0 Å². The Kier molecular flexibility index (Phi) is 4.89. The van der Waals surface area contributed by atoms with E-state index in [9.17, 15) is 9.90 Å². The summed E-state index contributed by atoms with van der Waals surface area (Å²) in [5.74, 6) is 5.48. The van der Waals surface area contributed by atoms with Gasteiger partial charge < -0.3 is 15.7 Å². The van der Waals surface area contributed by atoms with Crippen molar-refractivity contribution in [1.29, 1.82) is 0 Å². The topological polar surface area (TPSA) is 66.6 Å². The van der Waals surface area contributed by atoms with Crippen LogP contribution in [0.2, 0.25) is 5.02 Å². The second kappa shape index (κ2) is 6.48. The van der Waals surface area contributed by atoms with Crippen LogP contribution in [-0.4, -0.2) is 41.1 Å². The quantitative estimate of drug-likeness (QED) is 0.775. The minimum atomic E-state index is -0.815. The highest BCUT2D eigenvalue weighted by Crippen LogP contribution is 2.23. The lowest BCUT2D eigenvalue weighted by atomic mass is 9.94. The molecular formula is C16H19ClN2O2. The summed E-state index contributed by atoms with van der Waals surface area (Å²) in [4.78, 5) is 14.1. The van der Waals surface area contributed by atoms with E-state index in [4.69, 9.17) is 17.3 Å². The minimum Gasteiger partial charge on any atom is -0.388 e. The van der Waals surface area contributed by atoms with Gasteiger partial charge in [-0.25, -0.2) is 0 Å². The van der Waals surface area contributed by atoms with E-state index in [1.165, 1.54) is 0 Å². The largest absolute Gasteiger partial charge is 0.388 e. The summed E-state index contributed by atoms with van der Waals surface area (Å²) in [5, 5.41) is 10.5. The Bertz CT molecular complexity index is 602. The molecule has 112 valence electrons. The first-order valence-corrected chi connectivity index (χ1v) is 7.31. The first-order chi connectivity index (χ1) is 9.93. The fourth-order valence-corrected chi connectivity index (χ4v) is 2.70. The van der Waals surface area contributed by atoms with Gasteiger partial charge in [0.2, 0.25) is 0 Å². The standard InChI is InChI=1S/C16H19ClN2O2/c1-16(21)7-3-9-19(11-16)15(20)13-6-5-12(4-2-8-18)14(17)10-13/h5-6,10,21H,3,7-9,11,18H2,1H3. The molecule has 21 heavy (non-hydrogen) atoms. The number of hydrogen-bond acceptors (Lipinski definition) is 3. The molecule has 1 heterocycles. The fraction of sp³-hybridized carbons (Fsp3) is 0.438. The van der Waals surface area contributed by atoms with Gasteiger partial charge in [-0.3, -0.25) is 4.79 Å². The van der Waals surface area contributed by atoms with E-state index in [0.29, 0.717) is 35.7 Å². The van der Waals surface area contributed by atoms with Crippen molar-refractivity contribution in [2.75, 3.05) is 19.6 Å². The van der Waals surface area contributed by atoms with Crippen LogP contribution in [0.3, 0.4) is 0 Å². The Hall–Kier alpha value is -1.54. The Labute approximate surface area is 129 Å². The van der Waals surface area contributed by atoms with Crippen molar-refractivity contribution in [3.05, 3.63) is 34.3 Å². The van der Waals surface area contributed by atoms with Crippen molar-refractivity contribution in [2.45, 2.75) is 25.4 Å². The van der Waals surface area contributed by atoms with Crippen molar-refractivity contribution in [2.24, 2.45) is 5.73 Å². The van der Waals surface area contributed by atoms with Crippen LogP contribution in [0, 0.1) is 11.8 Å². The number of likely N-dealkylation sites (tertiary alicyclic amines) is 1. The van der Waals surface area contributed by atoms with Crippen molar-refractivity contribution >= 4 is 17.5 Å². The number of nitrogens with zero attached hydrogens (tertiary/aromatic N) is 1. The van der Waals surface area contributed by atoms with Crippen LogP contribution >= 0.6 is 11.6 Å². The van der Waals surface area contributed by atoms with Crippen LogP contribution in [0.15, 0.2) is 18.2 Å². The number of benzene rings is 1. The Balaban J connectivity index is 2.18. The highest BCUT2D eigenvalue weighted by atomic mass is 35.5. The molecule has 0 bridgehead atoms. The maximum atomic E-state index is 12.5. The summed E-state index contributed by atoms with van der Waals surface area (Å²) in [6.45, 7) is 3.02. The minimum absolute atomic E-state index is 0.116. The molecule has 1 aromatic carbocycles. The van der Waals surface area contributed by atoms with Gasteiger partial charge >= 0.3 is 0 Å². The maximum absolute atomic E-state index is 12.5. The molecule has 1 aromatic rings. The number of piperidine rings is 1. The van der Waals surface area contributed by atoms with Crippen molar-refractivity contribution in [3.63, 3.8) is 0 Å². The number of β-amino-alcohol motifs (C(OH)–C–C–N with tert-alkyl or cyclic N) is 1. The molecule has 5 heteroatoms.